The number of pyridine rings is 1. The highest BCUT2D eigenvalue weighted by molar-refractivity contribution is 6.15. The maximum Gasteiger partial charge on any atom is 0.437 e. The topological polar surface area (TPSA) is 106 Å². The van der Waals surface area contributed by atoms with Gasteiger partial charge in [0, 0.05) is 17.4 Å². The van der Waals surface area contributed by atoms with Gasteiger partial charge in [0.05, 0.1) is 29.6 Å². The Bertz CT molecular complexity index is 1550. The van der Waals surface area contributed by atoms with E-state index in [2.05, 4.69) is 0 Å². The van der Waals surface area contributed by atoms with Crippen LogP contribution in [0.4, 0.5) is 15.3 Å². The molecule has 0 aliphatic carbocycles. The Labute approximate surface area is 231 Å². The van der Waals surface area contributed by atoms with Crippen LogP contribution in [0.1, 0.15) is 36.7 Å². The summed E-state index contributed by atoms with van der Waals surface area (Å²) in [6.07, 6.45) is -1.60. The number of anilines is 1. The minimum atomic E-state index is -1.11. The highest BCUT2D eigenvalue weighted by Crippen LogP contribution is 2.33. The molecule has 0 atom stereocenters. The number of carbonyl (C=O) groups excluding carboxylic acids is 4. The van der Waals surface area contributed by atoms with Gasteiger partial charge in [-0.15, -0.1) is 5.01 Å². The van der Waals surface area contributed by atoms with Crippen molar-refractivity contribution >= 4 is 41.0 Å². The van der Waals surface area contributed by atoms with E-state index in [4.69, 9.17) is 14.5 Å². The molecule has 1 heterocycles. The molecule has 40 heavy (non-hydrogen) atoms. The highest BCUT2D eigenvalue weighted by Gasteiger charge is 2.39. The highest BCUT2D eigenvalue weighted by atomic mass is 16.6. The van der Waals surface area contributed by atoms with E-state index in [0.29, 0.717) is 39.0 Å². The van der Waals surface area contributed by atoms with Crippen LogP contribution in [0.5, 0.6) is 0 Å². The fourth-order valence-electron chi connectivity index (χ4n) is 4.24. The van der Waals surface area contributed by atoms with Crippen molar-refractivity contribution in [2.75, 3.05) is 12.1 Å². The first-order valence-corrected chi connectivity index (χ1v) is 12.6. The van der Waals surface area contributed by atoms with E-state index in [1.807, 2.05) is 30.3 Å². The Kier molecular flexibility index (Phi) is 8.23. The first-order chi connectivity index (χ1) is 19.2. The normalized spacial score (nSPS) is 11.0. The zero-order chi connectivity index (χ0) is 28.9. The number of imide groups is 1. The number of hydrogen-bond acceptors (Lipinski definition) is 7. The number of para-hydroxylation sites is 2. The van der Waals surface area contributed by atoms with E-state index in [-0.39, 0.29) is 17.7 Å². The van der Waals surface area contributed by atoms with Crippen molar-refractivity contribution in [1.29, 1.82) is 0 Å². The molecular formula is C31H29N3O6. The van der Waals surface area contributed by atoms with Crippen molar-refractivity contribution < 1.29 is 28.7 Å². The lowest BCUT2D eigenvalue weighted by atomic mass is 9.94. The van der Waals surface area contributed by atoms with Crippen molar-refractivity contribution in [3.63, 3.8) is 0 Å². The van der Waals surface area contributed by atoms with Crippen LogP contribution in [0.15, 0.2) is 84.9 Å². The van der Waals surface area contributed by atoms with Gasteiger partial charge < -0.3 is 14.3 Å². The summed E-state index contributed by atoms with van der Waals surface area (Å²) in [5.41, 5.74) is 1.07. The van der Waals surface area contributed by atoms with Crippen LogP contribution in [-0.4, -0.2) is 47.1 Å². The van der Waals surface area contributed by atoms with E-state index in [1.54, 1.807) is 75.4 Å². The number of hydrogen-bond donors (Lipinski definition) is 0. The minimum absolute atomic E-state index is 0.0345. The molecular weight excluding hydrogens is 510 g/mol. The van der Waals surface area contributed by atoms with Crippen LogP contribution >= 0.6 is 0 Å². The molecule has 3 aromatic carbocycles. The van der Waals surface area contributed by atoms with Crippen molar-refractivity contribution in [1.82, 2.24) is 9.99 Å². The molecule has 9 nitrogen and oxygen atoms in total. The molecule has 0 unspecified atom stereocenters. The predicted octanol–water partition coefficient (Wildman–Crippen LogP) is 6.21. The second-order valence-electron chi connectivity index (χ2n) is 9.78. The van der Waals surface area contributed by atoms with Gasteiger partial charge in [0.1, 0.15) is 11.9 Å². The molecule has 4 aromatic rings. The number of aldehydes is 1. The largest absolute Gasteiger partial charge is 0.451 e. The van der Waals surface area contributed by atoms with Crippen molar-refractivity contribution in [3.05, 3.63) is 96.1 Å². The summed E-state index contributed by atoms with van der Waals surface area (Å²) in [6, 6.07) is 24.1. The summed E-state index contributed by atoms with van der Waals surface area (Å²) >= 11 is 0. The van der Waals surface area contributed by atoms with Gasteiger partial charge in [-0.3, -0.25) is 4.79 Å². The molecule has 0 N–H and O–H groups in total. The van der Waals surface area contributed by atoms with Gasteiger partial charge in [0.2, 0.25) is 0 Å². The Hall–Kier alpha value is -5.05. The molecule has 0 spiro atoms. The van der Waals surface area contributed by atoms with Crippen LogP contribution in [0.25, 0.3) is 22.2 Å². The number of rotatable bonds is 5. The van der Waals surface area contributed by atoms with Gasteiger partial charge in [-0.1, -0.05) is 66.7 Å². The molecule has 0 bridgehead atoms. The molecule has 0 saturated heterocycles. The summed E-state index contributed by atoms with van der Waals surface area (Å²) < 4.78 is 10.6. The van der Waals surface area contributed by atoms with Crippen molar-refractivity contribution in [3.8, 4) is 11.3 Å². The number of carbonyl (C=O) groups is 4. The number of amides is 3. The quantitative estimate of drug-likeness (QED) is 0.219. The summed E-state index contributed by atoms with van der Waals surface area (Å²) in [6.45, 7) is 4.93. The first kappa shape index (κ1) is 28.0. The standard InChI is InChI=1S/C31H29N3O6/c1-31(2,3)40-30(38)34(33(29(37)39-4)22-15-9-6-10-16-22)28(36)26-23-17-11-12-18-25(23)32-27(24(26)19-20-35)21-13-7-5-8-14-21/h5-18,20H,19H2,1-4H3. The number of methoxy groups -OCH3 is 1. The van der Waals surface area contributed by atoms with Crippen molar-refractivity contribution in [2.45, 2.75) is 32.8 Å². The zero-order valence-electron chi connectivity index (χ0n) is 22.7. The van der Waals surface area contributed by atoms with Crippen LogP contribution in [0, 0.1) is 0 Å². The second kappa shape index (κ2) is 11.8. The Morgan fingerprint density at radius 1 is 0.850 bits per heavy atom. The van der Waals surface area contributed by atoms with E-state index in [9.17, 15) is 19.2 Å². The third kappa shape index (κ3) is 5.83. The lowest BCUT2D eigenvalue weighted by Gasteiger charge is -2.34. The predicted molar refractivity (Wildman–Crippen MR) is 151 cm³/mol. The molecule has 0 aliphatic heterocycles. The lowest BCUT2D eigenvalue weighted by molar-refractivity contribution is -0.107. The number of hydrazine groups is 1. The summed E-state index contributed by atoms with van der Waals surface area (Å²) in [4.78, 5) is 58.2. The van der Waals surface area contributed by atoms with Crippen LogP contribution in [-0.2, 0) is 20.7 Å². The third-order valence-corrected chi connectivity index (χ3v) is 5.85. The van der Waals surface area contributed by atoms with Gasteiger partial charge in [-0.25, -0.2) is 14.6 Å². The van der Waals surface area contributed by atoms with Gasteiger partial charge in [-0.2, -0.15) is 5.01 Å². The smallest absolute Gasteiger partial charge is 0.437 e. The van der Waals surface area contributed by atoms with Gasteiger partial charge in [-0.05, 0) is 44.5 Å². The summed E-state index contributed by atoms with van der Waals surface area (Å²) in [5, 5.41) is 1.82. The number of fused-ring (bicyclic) bond motifs is 1. The second-order valence-corrected chi connectivity index (χ2v) is 9.78. The minimum Gasteiger partial charge on any atom is -0.451 e. The molecule has 0 radical (unpaired) electrons. The molecule has 0 aliphatic rings. The summed E-state index contributed by atoms with van der Waals surface area (Å²) in [7, 11) is 1.14. The van der Waals surface area contributed by atoms with Crippen LogP contribution < -0.4 is 5.01 Å². The molecule has 0 fully saturated rings. The SMILES string of the molecule is COC(=O)N(c1ccccc1)N(C(=O)OC(C)(C)C)C(=O)c1c(CC=O)c(-c2ccccc2)nc2ccccc12. The lowest BCUT2D eigenvalue weighted by Crippen LogP contribution is -2.55. The van der Waals surface area contributed by atoms with Gasteiger partial charge in [0.15, 0.2) is 0 Å². The Morgan fingerprint density at radius 2 is 1.45 bits per heavy atom. The third-order valence-electron chi connectivity index (χ3n) is 5.85. The van der Waals surface area contributed by atoms with E-state index < -0.39 is 23.7 Å². The van der Waals surface area contributed by atoms with E-state index in [1.165, 1.54) is 0 Å². The molecule has 1 aromatic heterocycles. The number of ether oxygens (including phenoxy) is 2. The number of nitrogens with zero attached hydrogens (tertiary/aromatic N) is 3. The van der Waals surface area contributed by atoms with E-state index >= 15 is 0 Å². The van der Waals surface area contributed by atoms with Gasteiger partial charge >= 0.3 is 12.2 Å². The first-order valence-electron chi connectivity index (χ1n) is 12.6. The fraction of sp³-hybridized carbons (Fsp3) is 0.194. The maximum atomic E-state index is 14.6. The average Bonchev–Trinajstić information content (AvgIpc) is 2.94. The number of aromatic nitrogens is 1. The monoisotopic (exact) mass is 539 g/mol. The van der Waals surface area contributed by atoms with Gasteiger partial charge in [0.25, 0.3) is 5.91 Å². The number of benzene rings is 3. The summed E-state index contributed by atoms with van der Waals surface area (Å²) in [5.74, 6) is -0.892. The van der Waals surface area contributed by atoms with Crippen LogP contribution in [0.2, 0.25) is 0 Å². The molecule has 204 valence electrons. The molecule has 3 amide bonds. The molecule has 4 rings (SSSR count). The van der Waals surface area contributed by atoms with Crippen LogP contribution in [0.3, 0.4) is 0 Å². The maximum absolute atomic E-state index is 14.6. The van der Waals surface area contributed by atoms with E-state index in [0.717, 1.165) is 12.1 Å². The Morgan fingerprint density at radius 3 is 2.05 bits per heavy atom. The molecule has 9 heteroatoms. The average molecular weight is 540 g/mol. The zero-order valence-corrected chi connectivity index (χ0v) is 22.7. The fourth-order valence-corrected chi connectivity index (χ4v) is 4.24. The Balaban J connectivity index is 2.05. The molecule has 0 saturated carbocycles. The van der Waals surface area contributed by atoms with Crippen molar-refractivity contribution in [2.24, 2.45) is 0 Å².